The van der Waals surface area contributed by atoms with Crippen molar-refractivity contribution in [2.24, 2.45) is 0 Å². The summed E-state index contributed by atoms with van der Waals surface area (Å²) in [5.74, 6) is 2.18. The van der Waals surface area contributed by atoms with Gasteiger partial charge in [0.25, 0.3) is 0 Å². The van der Waals surface area contributed by atoms with Crippen molar-refractivity contribution in [2.45, 2.75) is 32.6 Å². The smallest absolute Gasteiger partial charge is 0.245 e. The Morgan fingerprint density at radius 1 is 1.17 bits per heavy atom. The molecule has 6 heteroatoms. The number of nitrogens with one attached hydrogen (secondary N) is 1. The third-order valence-electron chi connectivity index (χ3n) is 2.07. The molecule has 1 N–H and O–H groups in total. The predicted molar refractivity (Wildman–Crippen MR) is 79.0 cm³/mol. The van der Waals surface area contributed by atoms with Gasteiger partial charge in [0.2, 0.25) is 5.91 Å². The fraction of sp³-hybridized carbons (Fsp3) is 0.833. The van der Waals surface area contributed by atoms with Gasteiger partial charge in [-0.2, -0.15) is 0 Å². The van der Waals surface area contributed by atoms with Gasteiger partial charge in [0.05, 0.1) is 0 Å². The number of ether oxygens (including phenoxy) is 1. The van der Waals surface area contributed by atoms with Crippen LogP contribution in [0.4, 0.5) is 0 Å². The maximum absolute atomic E-state index is 11.5. The Kier molecular flexibility index (Phi) is 13.1. The number of carbonyl (C=O) groups is 2. The maximum Gasteiger partial charge on any atom is 0.245 e. The van der Waals surface area contributed by atoms with Gasteiger partial charge in [-0.1, -0.05) is 28.5 Å². The quantitative estimate of drug-likeness (QED) is 0.442. The standard InChI is InChI=1S/C12H23NO3S2/c1-3-8-17-18-9-6-11(14)5-4-7-13-12(15)10-16-2/h3-10H2,1-2H3,(H,13,15). The van der Waals surface area contributed by atoms with E-state index in [4.69, 9.17) is 0 Å². The lowest BCUT2D eigenvalue weighted by molar-refractivity contribution is -0.125. The highest BCUT2D eigenvalue weighted by Crippen LogP contribution is 2.22. The van der Waals surface area contributed by atoms with Crippen LogP contribution >= 0.6 is 21.6 Å². The number of ketones is 1. The molecule has 0 radical (unpaired) electrons. The van der Waals surface area contributed by atoms with Gasteiger partial charge in [0.1, 0.15) is 12.4 Å². The molecule has 0 fully saturated rings. The van der Waals surface area contributed by atoms with Gasteiger partial charge in [0, 0.05) is 38.0 Å². The van der Waals surface area contributed by atoms with E-state index in [0.29, 0.717) is 25.8 Å². The van der Waals surface area contributed by atoms with Crippen molar-refractivity contribution in [3.63, 3.8) is 0 Å². The summed E-state index contributed by atoms with van der Waals surface area (Å²) in [6.45, 7) is 2.78. The number of rotatable bonds is 12. The molecule has 4 nitrogen and oxygen atoms in total. The zero-order chi connectivity index (χ0) is 13.6. The lowest BCUT2D eigenvalue weighted by Crippen LogP contribution is -2.28. The van der Waals surface area contributed by atoms with Crippen LogP contribution in [0.5, 0.6) is 0 Å². The van der Waals surface area contributed by atoms with Crippen LogP contribution in [0.15, 0.2) is 0 Å². The summed E-state index contributed by atoms with van der Waals surface area (Å²) in [6, 6.07) is 0. The molecule has 0 atom stereocenters. The van der Waals surface area contributed by atoms with Crippen LogP contribution in [0.3, 0.4) is 0 Å². The van der Waals surface area contributed by atoms with Gasteiger partial charge in [-0.3, -0.25) is 9.59 Å². The zero-order valence-corrected chi connectivity index (χ0v) is 12.8. The molecule has 0 aromatic rings. The highest BCUT2D eigenvalue weighted by molar-refractivity contribution is 8.76. The van der Waals surface area contributed by atoms with Gasteiger partial charge in [0.15, 0.2) is 0 Å². The summed E-state index contributed by atoms with van der Waals surface area (Å²) in [6.07, 6.45) is 3.06. The normalized spacial score (nSPS) is 10.3. The van der Waals surface area contributed by atoms with Crippen LogP contribution in [0.2, 0.25) is 0 Å². The average molecular weight is 293 g/mol. The number of Topliss-reactive ketones (excluding diaryl/α,β-unsaturated/α-hetero) is 1. The molecule has 18 heavy (non-hydrogen) atoms. The first-order chi connectivity index (χ1) is 8.70. The summed E-state index contributed by atoms with van der Waals surface area (Å²) >= 11 is 0. The molecule has 0 unspecified atom stereocenters. The van der Waals surface area contributed by atoms with Crippen molar-refractivity contribution in [1.82, 2.24) is 5.32 Å². The van der Waals surface area contributed by atoms with E-state index in [0.717, 1.165) is 11.5 Å². The van der Waals surface area contributed by atoms with Gasteiger partial charge in [-0.15, -0.1) is 0 Å². The monoisotopic (exact) mass is 293 g/mol. The van der Waals surface area contributed by atoms with Crippen molar-refractivity contribution >= 4 is 33.3 Å². The second kappa shape index (κ2) is 13.2. The van der Waals surface area contributed by atoms with E-state index in [1.807, 2.05) is 10.8 Å². The first-order valence-electron chi connectivity index (χ1n) is 6.22. The van der Waals surface area contributed by atoms with Crippen molar-refractivity contribution < 1.29 is 14.3 Å². The van der Waals surface area contributed by atoms with Crippen LogP contribution in [-0.2, 0) is 14.3 Å². The molecule has 0 rings (SSSR count). The molecule has 0 spiro atoms. The summed E-state index contributed by atoms with van der Waals surface area (Å²) in [7, 11) is 5.08. The lowest BCUT2D eigenvalue weighted by Gasteiger charge is -2.04. The van der Waals surface area contributed by atoms with Gasteiger partial charge < -0.3 is 10.1 Å². The molecule has 0 aliphatic heterocycles. The van der Waals surface area contributed by atoms with Crippen molar-refractivity contribution in [3.8, 4) is 0 Å². The summed E-state index contributed by atoms with van der Waals surface area (Å²) in [5.41, 5.74) is 0. The molecule has 0 saturated carbocycles. The Bertz CT molecular complexity index is 237. The summed E-state index contributed by atoms with van der Waals surface area (Å²) in [4.78, 5) is 22.5. The van der Waals surface area contributed by atoms with Crippen molar-refractivity contribution in [1.29, 1.82) is 0 Å². The Balaban J connectivity index is 3.29. The number of methoxy groups -OCH3 is 1. The number of carbonyl (C=O) groups excluding carboxylic acids is 2. The topological polar surface area (TPSA) is 55.4 Å². The SMILES string of the molecule is CCCSSCCC(=O)CCCNC(=O)COC. The van der Waals surface area contributed by atoms with E-state index in [9.17, 15) is 9.59 Å². The molecular formula is C12H23NO3S2. The second-order valence-electron chi connectivity index (χ2n) is 3.82. The Morgan fingerprint density at radius 2 is 1.89 bits per heavy atom. The van der Waals surface area contributed by atoms with Crippen LogP contribution < -0.4 is 5.32 Å². The fourth-order valence-corrected chi connectivity index (χ4v) is 3.35. The third kappa shape index (κ3) is 12.3. The molecule has 1 amide bonds. The molecule has 0 aromatic carbocycles. The largest absolute Gasteiger partial charge is 0.375 e. The van der Waals surface area contributed by atoms with E-state index in [1.54, 1.807) is 10.8 Å². The van der Waals surface area contributed by atoms with E-state index in [2.05, 4.69) is 17.0 Å². The van der Waals surface area contributed by atoms with Crippen molar-refractivity contribution in [2.75, 3.05) is 31.8 Å². The van der Waals surface area contributed by atoms with Gasteiger partial charge in [-0.25, -0.2) is 0 Å². The molecule has 106 valence electrons. The van der Waals surface area contributed by atoms with Crippen LogP contribution in [0, 0.1) is 0 Å². The summed E-state index contributed by atoms with van der Waals surface area (Å²) in [5, 5.41) is 2.70. The first-order valence-corrected chi connectivity index (χ1v) is 8.71. The highest BCUT2D eigenvalue weighted by Gasteiger charge is 2.03. The molecule has 0 aromatic heterocycles. The molecule has 0 aliphatic rings. The highest BCUT2D eigenvalue weighted by atomic mass is 33.1. The average Bonchev–Trinajstić information content (AvgIpc) is 2.35. The number of hydrogen-bond donors (Lipinski definition) is 1. The zero-order valence-electron chi connectivity index (χ0n) is 11.2. The minimum atomic E-state index is -0.128. The predicted octanol–water partition coefficient (Wildman–Crippen LogP) is 2.28. The first kappa shape index (κ1) is 17.8. The van der Waals surface area contributed by atoms with Crippen LogP contribution in [0.25, 0.3) is 0 Å². The van der Waals surface area contributed by atoms with Crippen molar-refractivity contribution in [3.05, 3.63) is 0 Å². The van der Waals surface area contributed by atoms with Crippen LogP contribution in [-0.4, -0.2) is 43.5 Å². The minimum absolute atomic E-state index is 0.0826. The molecule has 0 bridgehead atoms. The lowest BCUT2D eigenvalue weighted by atomic mass is 10.2. The van der Waals surface area contributed by atoms with Crippen LogP contribution in [0.1, 0.15) is 32.6 Å². The van der Waals surface area contributed by atoms with E-state index >= 15 is 0 Å². The summed E-state index contributed by atoms with van der Waals surface area (Å²) < 4.78 is 4.68. The maximum atomic E-state index is 11.5. The molecule has 0 heterocycles. The molecule has 0 saturated heterocycles. The fourth-order valence-electron chi connectivity index (χ4n) is 1.18. The Labute approximate surface area is 117 Å². The van der Waals surface area contributed by atoms with Gasteiger partial charge >= 0.3 is 0 Å². The van der Waals surface area contributed by atoms with E-state index in [-0.39, 0.29) is 18.3 Å². The number of amides is 1. The molecule has 0 aliphatic carbocycles. The second-order valence-corrected chi connectivity index (χ2v) is 6.52. The Hall–Kier alpha value is -0.200. The number of hydrogen-bond acceptors (Lipinski definition) is 5. The van der Waals surface area contributed by atoms with Gasteiger partial charge in [-0.05, 0) is 12.8 Å². The Morgan fingerprint density at radius 3 is 2.56 bits per heavy atom. The van der Waals surface area contributed by atoms with E-state index < -0.39 is 0 Å². The molecular weight excluding hydrogens is 270 g/mol. The third-order valence-corrected chi connectivity index (χ3v) is 4.68. The minimum Gasteiger partial charge on any atom is -0.375 e. The van der Waals surface area contributed by atoms with E-state index in [1.165, 1.54) is 13.5 Å².